The van der Waals surface area contributed by atoms with Gasteiger partial charge in [0, 0.05) is 31.1 Å². The third kappa shape index (κ3) is 3.33. The molecule has 0 spiro atoms. The number of aromatic nitrogens is 4. The van der Waals surface area contributed by atoms with Crippen molar-refractivity contribution in [3.05, 3.63) is 61.1 Å². The summed E-state index contributed by atoms with van der Waals surface area (Å²) in [7, 11) is 0. The van der Waals surface area contributed by atoms with Gasteiger partial charge in [0.1, 0.15) is 23.4 Å². The highest BCUT2D eigenvalue weighted by molar-refractivity contribution is 5.94. The number of carbonyl (C=O) groups excluding carboxylic acids is 1. The Balaban J connectivity index is 1.51. The summed E-state index contributed by atoms with van der Waals surface area (Å²) in [5, 5.41) is 8.97. The van der Waals surface area contributed by atoms with Crippen molar-refractivity contribution in [1.29, 1.82) is 0 Å². The second-order valence-corrected chi connectivity index (χ2v) is 8.03. The van der Waals surface area contributed by atoms with Crippen molar-refractivity contribution < 1.29 is 9.53 Å². The van der Waals surface area contributed by atoms with Gasteiger partial charge in [-0.2, -0.15) is 5.10 Å². The Morgan fingerprint density at radius 3 is 2.91 bits per heavy atom. The van der Waals surface area contributed by atoms with Gasteiger partial charge in [-0.25, -0.2) is 9.97 Å². The minimum atomic E-state index is -0.0378. The van der Waals surface area contributed by atoms with Gasteiger partial charge in [-0.15, -0.1) is 0 Å². The molecule has 2 aromatic carbocycles. The molecule has 0 saturated carbocycles. The number of aromatic amines is 1. The van der Waals surface area contributed by atoms with E-state index in [0.29, 0.717) is 25.4 Å². The number of benzene rings is 2. The molecule has 1 unspecified atom stereocenters. The first-order valence-corrected chi connectivity index (χ1v) is 10.6. The molecule has 4 aromatic rings. The minimum Gasteiger partial charge on any atom is -0.454 e. The Bertz CT molecular complexity index is 1330. The van der Waals surface area contributed by atoms with E-state index in [1.807, 2.05) is 49.1 Å². The number of nitrogens with zero attached hydrogens (tertiary/aromatic N) is 5. The molecule has 2 aromatic heterocycles. The first kappa shape index (κ1) is 20.0. The van der Waals surface area contributed by atoms with E-state index in [1.54, 1.807) is 12.5 Å². The van der Waals surface area contributed by atoms with Gasteiger partial charge in [-0.1, -0.05) is 18.7 Å². The molecule has 0 bridgehead atoms. The van der Waals surface area contributed by atoms with Crippen molar-refractivity contribution in [2.24, 2.45) is 0 Å². The number of piperazine rings is 1. The number of carbonyl (C=O) groups is 1. The summed E-state index contributed by atoms with van der Waals surface area (Å²) in [5.41, 5.74) is 2.68. The van der Waals surface area contributed by atoms with E-state index in [2.05, 4.69) is 31.6 Å². The van der Waals surface area contributed by atoms with Crippen LogP contribution >= 0.6 is 0 Å². The lowest BCUT2D eigenvalue weighted by atomic mass is 10.1. The molecule has 1 aliphatic rings. The number of hydrogen-bond donors (Lipinski definition) is 1. The molecule has 3 heterocycles. The Kier molecular flexibility index (Phi) is 4.97. The van der Waals surface area contributed by atoms with E-state index in [0.717, 1.165) is 38.9 Å². The first-order chi connectivity index (χ1) is 15.6. The third-order valence-corrected chi connectivity index (χ3v) is 5.98. The fraction of sp³-hybridized carbons (Fsp3) is 0.250. The summed E-state index contributed by atoms with van der Waals surface area (Å²) < 4.78 is 6.39. The zero-order valence-electron chi connectivity index (χ0n) is 18.1. The number of amides is 1. The van der Waals surface area contributed by atoms with Gasteiger partial charge in [0.25, 0.3) is 0 Å². The molecule has 8 heteroatoms. The Labute approximate surface area is 185 Å². The average Bonchev–Trinajstić information content (AvgIpc) is 3.29. The summed E-state index contributed by atoms with van der Waals surface area (Å²) in [5.74, 6) is 2.23. The van der Waals surface area contributed by atoms with E-state index in [-0.39, 0.29) is 11.9 Å². The zero-order chi connectivity index (χ0) is 22.2. The number of ether oxygens (including phenoxy) is 1. The number of fused-ring (bicyclic) bond motifs is 2. The molecule has 8 nitrogen and oxygen atoms in total. The molecule has 1 N–H and O–H groups in total. The number of anilines is 1. The predicted octanol–water partition coefficient (Wildman–Crippen LogP) is 3.83. The number of nitrogens with one attached hydrogen (secondary N) is 1. The smallest absolute Gasteiger partial charge is 0.246 e. The van der Waals surface area contributed by atoms with Gasteiger partial charge >= 0.3 is 0 Å². The van der Waals surface area contributed by atoms with E-state index in [1.165, 1.54) is 6.08 Å². The standard InChI is InChI=1S/C24H24N6O2/c1-4-21(31)30-11-10-29(13-16(30)3)24-17-6-5-7-20(22(17)25-14-26-24)32-23-15(2)8-9-19-18(23)12-27-28-19/h4-9,12,14,16H,1,10-11,13H2,2-3H3,(H,27,28). The van der Waals surface area contributed by atoms with Crippen LogP contribution in [0.25, 0.3) is 21.8 Å². The zero-order valence-corrected chi connectivity index (χ0v) is 18.1. The van der Waals surface area contributed by atoms with Crippen LogP contribution in [-0.2, 0) is 4.79 Å². The number of hydrogen-bond acceptors (Lipinski definition) is 6. The van der Waals surface area contributed by atoms with Crippen LogP contribution in [0, 0.1) is 6.92 Å². The summed E-state index contributed by atoms with van der Waals surface area (Å²) >= 11 is 0. The molecular weight excluding hydrogens is 404 g/mol. The molecule has 32 heavy (non-hydrogen) atoms. The van der Waals surface area contributed by atoms with Gasteiger partial charge < -0.3 is 14.5 Å². The molecule has 5 rings (SSSR count). The molecule has 1 atom stereocenters. The van der Waals surface area contributed by atoms with Crippen molar-refractivity contribution in [3.63, 3.8) is 0 Å². The van der Waals surface area contributed by atoms with Gasteiger partial charge in [-0.05, 0) is 43.7 Å². The highest BCUT2D eigenvalue weighted by Gasteiger charge is 2.28. The second-order valence-electron chi connectivity index (χ2n) is 8.03. The van der Waals surface area contributed by atoms with Crippen molar-refractivity contribution >= 4 is 33.5 Å². The van der Waals surface area contributed by atoms with Crippen LogP contribution in [-0.4, -0.2) is 56.6 Å². The molecule has 0 aliphatic carbocycles. The fourth-order valence-electron chi connectivity index (χ4n) is 4.32. The first-order valence-electron chi connectivity index (χ1n) is 10.6. The van der Waals surface area contributed by atoms with Crippen LogP contribution in [0.4, 0.5) is 5.82 Å². The maximum absolute atomic E-state index is 12.1. The summed E-state index contributed by atoms with van der Waals surface area (Å²) in [6.07, 6.45) is 4.72. The lowest BCUT2D eigenvalue weighted by Gasteiger charge is -2.40. The molecular formula is C24H24N6O2. The van der Waals surface area contributed by atoms with E-state index in [4.69, 9.17) is 4.74 Å². The monoisotopic (exact) mass is 428 g/mol. The predicted molar refractivity (Wildman–Crippen MR) is 124 cm³/mol. The Hall–Kier alpha value is -3.94. The van der Waals surface area contributed by atoms with E-state index in [9.17, 15) is 4.79 Å². The van der Waals surface area contributed by atoms with Gasteiger partial charge in [-0.3, -0.25) is 9.89 Å². The maximum atomic E-state index is 12.1. The van der Waals surface area contributed by atoms with E-state index >= 15 is 0 Å². The molecule has 0 radical (unpaired) electrons. The average molecular weight is 428 g/mol. The SMILES string of the molecule is C=CC(=O)N1CCN(c2ncnc3c(Oc4c(C)ccc5[nH]ncc45)cccc23)CC1C. The van der Waals surface area contributed by atoms with Crippen LogP contribution in [0.5, 0.6) is 11.5 Å². The quantitative estimate of drug-likeness (QED) is 0.497. The van der Waals surface area contributed by atoms with Gasteiger partial charge in [0.05, 0.1) is 17.1 Å². The number of H-pyrrole nitrogens is 1. The van der Waals surface area contributed by atoms with Gasteiger partial charge in [0.2, 0.25) is 5.91 Å². The van der Waals surface area contributed by atoms with Crippen LogP contribution < -0.4 is 9.64 Å². The topological polar surface area (TPSA) is 87.2 Å². The van der Waals surface area contributed by atoms with Crippen molar-refractivity contribution in [2.75, 3.05) is 24.5 Å². The number of para-hydroxylation sites is 1. The minimum absolute atomic E-state index is 0.0378. The summed E-state index contributed by atoms with van der Waals surface area (Å²) in [6, 6.07) is 9.94. The van der Waals surface area contributed by atoms with Crippen LogP contribution in [0.3, 0.4) is 0 Å². The molecule has 1 amide bonds. The third-order valence-electron chi connectivity index (χ3n) is 5.98. The number of rotatable bonds is 4. The molecule has 1 saturated heterocycles. The van der Waals surface area contributed by atoms with Crippen molar-refractivity contribution in [3.8, 4) is 11.5 Å². The second kappa shape index (κ2) is 7.96. The fourth-order valence-corrected chi connectivity index (χ4v) is 4.32. The largest absolute Gasteiger partial charge is 0.454 e. The van der Waals surface area contributed by atoms with Crippen LogP contribution in [0.1, 0.15) is 12.5 Å². The highest BCUT2D eigenvalue weighted by Crippen LogP contribution is 2.37. The van der Waals surface area contributed by atoms with E-state index < -0.39 is 0 Å². The van der Waals surface area contributed by atoms with Crippen molar-refractivity contribution in [2.45, 2.75) is 19.9 Å². The molecule has 1 fully saturated rings. The molecule has 1 aliphatic heterocycles. The van der Waals surface area contributed by atoms with Crippen LogP contribution in [0.2, 0.25) is 0 Å². The van der Waals surface area contributed by atoms with Crippen LogP contribution in [0.15, 0.2) is 55.5 Å². The molecule has 162 valence electrons. The Morgan fingerprint density at radius 1 is 1.22 bits per heavy atom. The van der Waals surface area contributed by atoms with Crippen molar-refractivity contribution in [1.82, 2.24) is 25.1 Å². The summed E-state index contributed by atoms with van der Waals surface area (Å²) in [6.45, 7) is 9.66. The maximum Gasteiger partial charge on any atom is 0.246 e. The normalized spacial score (nSPS) is 16.5. The van der Waals surface area contributed by atoms with Gasteiger partial charge in [0.15, 0.2) is 5.75 Å². The highest BCUT2D eigenvalue weighted by atomic mass is 16.5. The lowest BCUT2D eigenvalue weighted by molar-refractivity contribution is -0.128. The number of aryl methyl sites for hydroxylation is 1. The Morgan fingerprint density at radius 2 is 2.09 bits per heavy atom. The summed E-state index contributed by atoms with van der Waals surface area (Å²) in [4.78, 5) is 25.3. The lowest BCUT2D eigenvalue weighted by Crippen LogP contribution is -2.54.